The van der Waals surface area contributed by atoms with Gasteiger partial charge in [0.2, 0.25) is 10.0 Å². The summed E-state index contributed by atoms with van der Waals surface area (Å²) in [5.41, 5.74) is 1.00. The molecule has 2 N–H and O–H groups in total. The van der Waals surface area contributed by atoms with Gasteiger partial charge in [0.05, 0.1) is 4.90 Å². The number of anilines is 1. The lowest BCUT2D eigenvalue weighted by Crippen LogP contribution is -2.27. The first-order valence-electron chi connectivity index (χ1n) is 7.19. The molecule has 0 saturated heterocycles. The van der Waals surface area contributed by atoms with Crippen LogP contribution in [-0.2, 0) is 10.0 Å². The summed E-state index contributed by atoms with van der Waals surface area (Å²) >= 11 is 0. The molecule has 122 valence electrons. The van der Waals surface area contributed by atoms with Crippen molar-refractivity contribution < 1.29 is 13.2 Å². The largest absolute Gasteiger partial charge is 0.322 e. The minimum atomic E-state index is -3.52. The molecule has 0 aliphatic carbocycles. The fourth-order valence-electron chi connectivity index (χ4n) is 1.78. The Bertz CT molecular complexity index is 757. The standard InChI is InChI=1S/C16H19N3O3S/c1-12(2)11-18-23(21,22)15-5-3-14(4-6-15)19-16(20)13-7-9-17-10-8-13/h3-10,12,18H,11H2,1-2H3,(H,19,20). The second-order valence-corrected chi connectivity index (χ2v) is 7.23. The molecule has 1 aromatic heterocycles. The van der Waals surface area contributed by atoms with E-state index in [2.05, 4.69) is 15.0 Å². The van der Waals surface area contributed by atoms with Gasteiger partial charge in [0.15, 0.2) is 0 Å². The van der Waals surface area contributed by atoms with Crippen molar-refractivity contribution in [3.63, 3.8) is 0 Å². The number of nitrogens with zero attached hydrogens (tertiary/aromatic N) is 1. The van der Waals surface area contributed by atoms with Crippen molar-refractivity contribution in [3.8, 4) is 0 Å². The number of rotatable bonds is 6. The van der Waals surface area contributed by atoms with Crippen molar-refractivity contribution in [2.24, 2.45) is 5.92 Å². The zero-order chi connectivity index (χ0) is 16.9. The molecule has 0 fully saturated rings. The molecule has 0 bridgehead atoms. The second-order valence-electron chi connectivity index (χ2n) is 5.46. The van der Waals surface area contributed by atoms with Crippen LogP contribution in [0.25, 0.3) is 0 Å². The molecule has 0 aliphatic rings. The van der Waals surface area contributed by atoms with Gasteiger partial charge in [-0.3, -0.25) is 9.78 Å². The Kier molecular flexibility index (Phi) is 5.46. The summed E-state index contributed by atoms with van der Waals surface area (Å²) < 4.78 is 26.7. The van der Waals surface area contributed by atoms with Crippen molar-refractivity contribution in [2.75, 3.05) is 11.9 Å². The van der Waals surface area contributed by atoms with Crippen LogP contribution in [0.2, 0.25) is 0 Å². The predicted octanol–water partition coefficient (Wildman–Crippen LogP) is 2.27. The van der Waals surface area contributed by atoms with Gasteiger partial charge in [0, 0.05) is 30.2 Å². The van der Waals surface area contributed by atoms with Gasteiger partial charge in [-0.1, -0.05) is 13.8 Å². The van der Waals surface area contributed by atoms with Crippen LogP contribution in [0.5, 0.6) is 0 Å². The van der Waals surface area contributed by atoms with Crippen molar-refractivity contribution in [3.05, 3.63) is 54.4 Å². The lowest BCUT2D eigenvalue weighted by Gasteiger charge is -2.10. The molecule has 23 heavy (non-hydrogen) atoms. The maximum atomic E-state index is 12.1. The lowest BCUT2D eigenvalue weighted by molar-refractivity contribution is 0.102. The summed E-state index contributed by atoms with van der Waals surface area (Å²) in [4.78, 5) is 16.0. The summed E-state index contributed by atoms with van der Waals surface area (Å²) in [6.07, 6.45) is 3.07. The number of carbonyl (C=O) groups is 1. The topological polar surface area (TPSA) is 88.2 Å². The summed E-state index contributed by atoms with van der Waals surface area (Å²) in [5.74, 6) is -0.0513. The van der Waals surface area contributed by atoms with Crippen LogP contribution in [0.3, 0.4) is 0 Å². The van der Waals surface area contributed by atoms with Crippen LogP contribution < -0.4 is 10.0 Å². The maximum absolute atomic E-state index is 12.1. The van der Waals surface area contributed by atoms with Crippen molar-refractivity contribution in [2.45, 2.75) is 18.7 Å². The summed E-state index contributed by atoms with van der Waals surface area (Å²) in [6, 6.07) is 9.25. The van der Waals surface area contributed by atoms with Crippen molar-refractivity contribution in [1.82, 2.24) is 9.71 Å². The van der Waals surface area contributed by atoms with Crippen LogP contribution in [0.1, 0.15) is 24.2 Å². The molecule has 0 radical (unpaired) electrons. The molecular formula is C16H19N3O3S. The van der Waals surface area contributed by atoms with Crippen LogP contribution >= 0.6 is 0 Å². The number of sulfonamides is 1. The first kappa shape index (κ1) is 17.1. The Balaban J connectivity index is 2.06. The number of carbonyl (C=O) groups excluding carboxylic acids is 1. The molecule has 1 amide bonds. The Labute approximate surface area is 136 Å². The highest BCUT2D eigenvalue weighted by atomic mass is 32.2. The molecule has 7 heteroatoms. The number of hydrogen-bond donors (Lipinski definition) is 2. The van der Waals surface area contributed by atoms with Gasteiger partial charge in [-0.25, -0.2) is 13.1 Å². The molecule has 0 spiro atoms. The average Bonchev–Trinajstić information content (AvgIpc) is 2.54. The number of pyridine rings is 1. The fourth-order valence-corrected chi connectivity index (χ4v) is 3.00. The number of aromatic nitrogens is 1. The zero-order valence-corrected chi connectivity index (χ0v) is 13.8. The number of benzene rings is 1. The smallest absolute Gasteiger partial charge is 0.255 e. The van der Waals surface area contributed by atoms with Gasteiger partial charge in [-0.05, 0) is 42.3 Å². The Hall–Kier alpha value is -2.25. The van der Waals surface area contributed by atoms with Crippen molar-refractivity contribution in [1.29, 1.82) is 0 Å². The van der Waals surface area contributed by atoms with Crippen LogP contribution in [0.4, 0.5) is 5.69 Å². The van der Waals surface area contributed by atoms with E-state index in [0.717, 1.165) is 0 Å². The van der Waals surface area contributed by atoms with E-state index in [-0.39, 0.29) is 16.7 Å². The highest BCUT2D eigenvalue weighted by Crippen LogP contribution is 2.15. The van der Waals surface area contributed by atoms with E-state index in [1.165, 1.54) is 24.5 Å². The van der Waals surface area contributed by atoms with Gasteiger partial charge in [-0.2, -0.15) is 0 Å². The molecule has 0 saturated carbocycles. The van der Waals surface area contributed by atoms with E-state index in [0.29, 0.717) is 17.8 Å². The Morgan fingerprint density at radius 1 is 1.09 bits per heavy atom. The van der Waals surface area contributed by atoms with E-state index in [1.807, 2.05) is 13.8 Å². The minimum Gasteiger partial charge on any atom is -0.322 e. The highest BCUT2D eigenvalue weighted by molar-refractivity contribution is 7.89. The highest BCUT2D eigenvalue weighted by Gasteiger charge is 2.14. The maximum Gasteiger partial charge on any atom is 0.255 e. The Morgan fingerprint density at radius 3 is 2.26 bits per heavy atom. The third kappa shape index (κ3) is 4.87. The molecule has 2 rings (SSSR count). The predicted molar refractivity (Wildman–Crippen MR) is 88.7 cm³/mol. The molecule has 0 unspecified atom stereocenters. The molecule has 6 nitrogen and oxygen atoms in total. The normalized spacial score (nSPS) is 11.4. The number of amides is 1. The first-order valence-corrected chi connectivity index (χ1v) is 8.68. The molecule has 0 aliphatic heterocycles. The molecule has 1 heterocycles. The van der Waals surface area contributed by atoms with Crippen LogP contribution in [-0.4, -0.2) is 25.9 Å². The van der Waals surface area contributed by atoms with E-state index >= 15 is 0 Å². The van der Waals surface area contributed by atoms with Crippen LogP contribution in [0, 0.1) is 5.92 Å². The van der Waals surface area contributed by atoms with E-state index in [9.17, 15) is 13.2 Å². The fraction of sp³-hybridized carbons (Fsp3) is 0.250. The summed E-state index contributed by atoms with van der Waals surface area (Å²) in [5, 5.41) is 2.71. The third-order valence-corrected chi connectivity index (χ3v) is 4.49. The second kappa shape index (κ2) is 7.34. The third-order valence-electron chi connectivity index (χ3n) is 3.05. The van der Waals surface area contributed by atoms with Gasteiger partial charge in [0.25, 0.3) is 5.91 Å². The van der Waals surface area contributed by atoms with E-state index in [1.54, 1.807) is 24.3 Å². The van der Waals surface area contributed by atoms with Gasteiger partial charge < -0.3 is 5.32 Å². The van der Waals surface area contributed by atoms with Gasteiger partial charge >= 0.3 is 0 Å². The number of hydrogen-bond acceptors (Lipinski definition) is 4. The SMILES string of the molecule is CC(C)CNS(=O)(=O)c1ccc(NC(=O)c2ccncc2)cc1. The minimum absolute atomic E-state index is 0.167. The van der Waals surface area contributed by atoms with Gasteiger partial charge in [-0.15, -0.1) is 0 Å². The molecular weight excluding hydrogens is 314 g/mol. The monoisotopic (exact) mass is 333 g/mol. The molecule has 2 aromatic rings. The average molecular weight is 333 g/mol. The van der Waals surface area contributed by atoms with Crippen molar-refractivity contribution >= 4 is 21.6 Å². The summed E-state index contributed by atoms with van der Waals surface area (Å²) in [6.45, 7) is 4.24. The van der Waals surface area contributed by atoms with Gasteiger partial charge in [0.1, 0.15) is 0 Å². The van der Waals surface area contributed by atoms with E-state index < -0.39 is 10.0 Å². The quantitative estimate of drug-likeness (QED) is 0.849. The van der Waals surface area contributed by atoms with E-state index in [4.69, 9.17) is 0 Å². The lowest BCUT2D eigenvalue weighted by atomic mass is 10.2. The number of nitrogens with one attached hydrogen (secondary N) is 2. The Morgan fingerprint density at radius 2 is 1.70 bits per heavy atom. The zero-order valence-electron chi connectivity index (χ0n) is 13.0. The molecule has 0 atom stereocenters. The summed E-state index contributed by atoms with van der Waals surface area (Å²) in [7, 11) is -3.52. The van der Waals surface area contributed by atoms with Crippen LogP contribution in [0.15, 0.2) is 53.7 Å². The first-order chi connectivity index (χ1) is 10.9. The molecule has 1 aromatic carbocycles.